The van der Waals surface area contributed by atoms with Crippen molar-refractivity contribution in [1.29, 1.82) is 0 Å². The van der Waals surface area contributed by atoms with Gasteiger partial charge in [0.2, 0.25) is 0 Å². The summed E-state index contributed by atoms with van der Waals surface area (Å²) in [5.74, 6) is -0.180. The van der Waals surface area contributed by atoms with E-state index in [4.69, 9.17) is 9.47 Å². The second-order valence-corrected chi connectivity index (χ2v) is 3.71. The van der Waals surface area contributed by atoms with Crippen LogP contribution in [-0.2, 0) is 9.53 Å². The second kappa shape index (κ2) is 6.00. The minimum absolute atomic E-state index is 0.0105. The Kier molecular flexibility index (Phi) is 4.65. The summed E-state index contributed by atoms with van der Waals surface area (Å²) < 4.78 is 9.93. The molecule has 0 aliphatic carbocycles. The van der Waals surface area contributed by atoms with E-state index in [-0.39, 0.29) is 18.9 Å². The second-order valence-electron chi connectivity index (χ2n) is 3.71. The molecule has 0 bridgehead atoms. The minimum Gasteiger partial charge on any atom is -0.481 e. The summed E-state index contributed by atoms with van der Waals surface area (Å²) in [7, 11) is 0. The molecule has 0 saturated heterocycles. The quantitative estimate of drug-likeness (QED) is 0.456. The Balaban J connectivity index is 2.88. The van der Waals surface area contributed by atoms with E-state index < -0.39 is 10.9 Å². The Morgan fingerprint density at radius 1 is 1.39 bits per heavy atom. The summed E-state index contributed by atoms with van der Waals surface area (Å²) in [5, 5.41) is 10.9. The molecule has 6 heteroatoms. The molecule has 0 fully saturated rings. The lowest BCUT2D eigenvalue weighted by Gasteiger charge is -2.09. The Morgan fingerprint density at radius 3 is 2.61 bits per heavy atom. The molecule has 0 spiro atoms. The van der Waals surface area contributed by atoms with Crippen molar-refractivity contribution in [2.24, 2.45) is 0 Å². The molecule has 98 valence electrons. The molecular weight excluding hydrogens is 238 g/mol. The van der Waals surface area contributed by atoms with Gasteiger partial charge in [0.15, 0.2) is 6.61 Å². The van der Waals surface area contributed by atoms with Crippen LogP contribution in [0.25, 0.3) is 0 Å². The van der Waals surface area contributed by atoms with Crippen LogP contribution < -0.4 is 4.74 Å². The monoisotopic (exact) mass is 253 g/mol. The Bertz CT molecular complexity index is 470. The predicted molar refractivity (Wildman–Crippen MR) is 64.7 cm³/mol. The lowest BCUT2D eigenvalue weighted by Crippen LogP contribution is -2.15. The van der Waals surface area contributed by atoms with Crippen molar-refractivity contribution in [1.82, 2.24) is 0 Å². The smallest absolute Gasteiger partial charge is 0.344 e. The van der Waals surface area contributed by atoms with Crippen LogP contribution in [0.1, 0.15) is 18.1 Å². The lowest BCUT2D eigenvalue weighted by molar-refractivity contribution is -0.386. The van der Waals surface area contributed by atoms with Crippen LogP contribution in [0, 0.1) is 24.0 Å². The molecule has 0 N–H and O–H groups in total. The van der Waals surface area contributed by atoms with Gasteiger partial charge >= 0.3 is 5.97 Å². The van der Waals surface area contributed by atoms with Crippen LogP contribution in [0.4, 0.5) is 5.69 Å². The molecule has 0 aromatic heterocycles. The van der Waals surface area contributed by atoms with Crippen LogP contribution in [0.5, 0.6) is 5.75 Å². The fraction of sp³-hybridized carbons (Fsp3) is 0.417. The number of aryl methyl sites for hydroxylation is 1. The van der Waals surface area contributed by atoms with Crippen LogP contribution in [0.3, 0.4) is 0 Å². The molecular formula is C12H15NO5. The van der Waals surface area contributed by atoms with Crippen molar-refractivity contribution in [2.45, 2.75) is 20.8 Å². The number of benzene rings is 1. The van der Waals surface area contributed by atoms with E-state index in [0.717, 1.165) is 0 Å². The molecule has 1 rings (SSSR count). The van der Waals surface area contributed by atoms with Gasteiger partial charge in [-0.25, -0.2) is 4.79 Å². The molecule has 0 amide bonds. The standard InChI is InChI=1S/C12H15NO5/c1-4-17-11(14)7-18-10-6-5-8(2)12(9(10)3)13(15)16/h5-6H,4,7H2,1-3H3. The summed E-state index contributed by atoms with van der Waals surface area (Å²) in [4.78, 5) is 21.6. The molecule has 0 radical (unpaired) electrons. The van der Waals surface area contributed by atoms with E-state index in [1.807, 2.05) is 0 Å². The largest absolute Gasteiger partial charge is 0.481 e. The first kappa shape index (κ1) is 14.0. The maximum absolute atomic E-state index is 11.1. The number of nitro benzene ring substituents is 1. The van der Waals surface area contributed by atoms with Gasteiger partial charge in [-0.05, 0) is 32.9 Å². The Morgan fingerprint density at radius 2 is 2.06 bits per heavy atom. The first-order valence-electron chi connectivity index (χ1n) is 5.50. The van der Waals surface area contributed by atoms with Gasteiger partial charge in [-0.2, -0.15) is 0 Å². The third-order valence-corrected chi connectivity index (χ3v) is 2.42. The number of carbonyl (C=O) groups excluding carboxylic acids is 1. The first-order valence-corrected chi connectivity index (χ1v) is 5.50. The van der Waals surface area contributed by atoms with Gasteiger partial charge in [0.1, 0.15) is 5.75 Å². The zero-order valence-electron chi connectivity index (χ0n) is 10.6. The highest BCUT2D eigenvalue weighted by molar-refractivity contribution is 5.71. The van der Waals surface area contributed by atoms with Crippen molar-refractivity contribution in [2.75, 3.05) is 13.2 Å². The summed E-state index contributed by atoms with van der Waals surface area (Å²) in [6.45, 7) is 4.95. The van der Waals surface area contributed by atoms with Gasteiger partial charge in [-0.15, -0.1) is 0 Å². The first-order chi connectivity index (χ1) is 8.47. The summed E-state index contributed by atoms with van der Waals surface area (Å²) in [6.07, 6.45) is 0. The number of esters is 1. The maximum atomic E-state index is 11.1. The molecule has 0 heterocycles. The lowest BCUT2D eigenvalue weighted by atomic mass is 10.1. The van der Waals surface area contributed by atoms with Crippen molar-refractivity contribution >= 4 is 11.7 Å². The van der Waals surface area contributed by atoms with Crippen molar-refractivity contribution in [3.8, 4) is 5.75 Å². The third kappa shape index (κ3) is 3.19. The SMILES string of the molecule is CCOC(=O)COc1ccc(C)c([N+](=O)[O-])c1C. The summed E-state index contributed by atoms with van der Waals surface area (Å²) in [5.41, 5.74) is 0.974. The minimum atomic E-state index is -0.500. The number of ether oxygens (including phenoxy) is 2. The number of nitrogens with zero attached hydrogens (tertiary/aromatic N) is 1. The number of hydrogen-bond acceptors (Lipinski definition) is 5. The highest BCUT2D eigenvalue weighted by Crippen LogP contribution is 2.30. The Labute approximate surface area is 105 Å². The molecule has 18 heavy (non-hydrogen) atoms. The fourth-order valence-corrected chi connectivity index (χ4v) is 1.59. The van der Waals surface area contributed by atoms with Gasteiger partial charge in [0.25, 0.3) is 5.69 Å². The van der Waals surface area contributed by atoms with E-state index in [0.29, 0.717) is 16.9 Å². The van der Waals surface area contributed by atoms with Crippen LogP contribution >= 0.6 is 0 Å². The van der Waals surface area contributed by atoms with Gasteiger partial charge in [-0.1, -0.05) is 0 Å². The van der Waals surface area contributed by atoms with Gasteiger partial charge in [0.05, 0.1) is 17.1 Å². The van der Waals surface area contributed by atoms with Crippen LogP contribution in [0.2, 0.25) is 0 Å². The maximum Gasteiger partial charge on any atom is 0.344 e. The molecule has 0 unspecified atom stereocenters. The normalized spacial score (nSPS) is 9.94. The highest BCUT2D eigenvalue weighted by Gasteiger charge is 2.18. The third-order valence-electron chi connectivity index (χ3n) is 2.42. The van der Waals surface area contributed by atoms with Gasteiger partial charge in [-0.3, -0.25) is 10.1 Å². The van der Waals surface area contributed by atoms with Gasteiger partial charge in [0, 0.05) is 5.56 Å². The summed E-state index contributed by atoms with van der Waals surface area (Å²) >= 11 is 0. The average Bonchev–Trinajstić information content (AvgIpc) is 2.28. The van der Waals surface area contributed by atoms with E-state index in [2.05, 4.69) is 0 Å². The van der Waals surface area contributed by atoms with E-state index in [9.17, 15) is 14.9 Å². The predicted octanol–water partition coefficient (Wildman–Crippen LogP) is 2.15. The molecule has 0 saturated carbocycles. The van der Waals surface area contributed by atoms with E-state index >= 15 is 0 Å². The topological polar surface area (TPSA) is 78.7 Å². The highest BCUT2D eigenvalue weighted by atomic mass is 16.6. The van der Waals surface area contributed by atoms with Crippen molar-refractivity contribution < 1.29 is 19.2 Å². The zero-order chi connectivity index (χ0) is 13.7. The van der Waals surface area contributed by atoms with Crippen molar-refractivity contribution in [3.63, 3.8) is 0 Å². The number of carbonyl (C=O) groups is 1. The molecule has 1 aromatic carbocycles. The molecule has 1 aromatic rings. The number of nitro groups is 1. The fourth-order valence-electron chi connectivity index (χ4n) is 1.59. The van der Waals surface area contributed by atoms with Crippen LogP contribution in [0.15, 0.2) is 12.1 Å². The van der Waals surface area contributed by atoms with E-state index in [1.165, 1.54) is 0 Å². The molecule has 0 aliphatic rings. The average molecular weight is 253 g/mol. The Hall–Kier alpha value is -2.11. The van der Waals surface area contributed by atoms with E-state index in [1.54, 1.807) is 32.9 Å². The van der Waals surface area contributed by atoms with Crippen molar-refractivity contribution in [3.05, 3.63) is 33.4 Å². The molecule has 6 nitrogen and oxygen atoms in total. The number of hydrogen-bond donors (Lipinski definition) is 0. The van der Waals surface area contributed by atoms with Crippen LogP contribution in [-0.4, -0.2) is 24.1 Å². The summed E-state index contributed by atoms with van der Waals surface area (Å²) in [6, 6.07) is 3.20. The molecule has 0 aliphatic heterocycles. The van der Waals surface area contributed by atoms with Gasteiger partial charge < -0.3 is 9.47 Å². The zero-order valence-corrected chi connectivity index (χ0v) is 10.6. The molecule has 0 atom stereocenters. The number of rotatable bonds is 5.